The fourth-order valence-electron chi connectivity index (χ4n) is 7.81. The number of piperazine rings is 1. The molecule has 4 saturated heterocycles. The number of amides is 3. The lowest BCUT2D eigenvalue weighted by molar-refractivity contribution is -0.176. The van der Waals surface area contributed by atoms with Gasteiger partial charge in [0.25, 0.3) is 0 Å². The Bertz CT molecular complexity index is 923. The van der Waals surface area contributed by atoms with E-state index in [1.165, 1.54) is 6.42 Å². The molecule has 6 rings (SSSR count). The fourth-order valence-corrected chi connectivity index (χ4v) is 7.81. The summed E-state index contributed by atoms with van der Waals surface area (Å²) < 4.78 is 12.1. The number of fused-ring (bicyclic) bond motifs is 3. The molecular formula is C32H55N5O5. The maximum atomic E-state index is 13.7. The third-order valence-electron chi connectivity index (χ3n) is 10.4. The Morgan fingerprint density at radius 2 is 1.62 bits per heavy atom. The topological polar surface area (TPSA) is 112 Å². The normalized spacial score (nSPS) is 30.5. The average Bonchev–Trinajstić information content (AvgIpc) is 2.98. The molecule has 0 spiro atoms. The van der Waals surface area contributed by atoms with Crippen LogP contribution >= 0.6 is 0 Å². The first-order valence-electron chi connectivity index (χ1n) is 16.7. The van der Waals surface area contributed by atoms with Crippen LogP contribution in [0.25, 0.3) is 0 Å². The molecule has 42 heavy (non-hydrogen) atoms. The lowest BCUT2D eigenvalue weighted by Gasteiger charge is -2.55. The number of nitrogens with one attached hydrogen (secondary N) is 3. The first-order valence-corrected chi connectivity index (χ1v) is 16.7. The van der Waals surface area contributed by atoms with Crippen molar-refractivity contribution in [3.63, 3.8) is 0 Å². The zero-order chi connectivity index (χ0) is 29.8. The molecule has 0 aromatic rings. The van der Waals surface area contributed by atoms with E-state index >= 15 is 0 Å². The van der Waals surface area contributed by atoms with Crippen LogP contribution in [0.1, 0.15) is 97.8 Å². The highest BCUT2D eigenvalue weighted by molar-refractivity contribution is 5.86. The van der Waals surface area contributed by atoms with Crippen molar-refractivity contribution in [3.8, 4) is 0 Å². The number of hydrogen-bond acceptors (Lipinski definition) is 7. The largest absolute Gasteiger partial charge is 0.444 e. The molecule has 4 aliphatic heterocycles. The minimum atomic E-state index is -0.613. The molecule has 4 heterocycles. The van der Waals surface area contributed by atoms with E-state index in [1.807, 2.05) is 25.7 Å². The van der Waals surface area contributed by atoms with Crippen LogP contribution in [0.4, 0.5) is 4.79 Å². The zero-order valence-corrected chi connectivity index (χ0v) is 26.3. The van der Waals surface area contributed by atoms with Gasteiger partial charge in [0.2, 0.25) is 11.8 Å². The molecule has 1 atom stereocenters. The van der Waals surface area contributed by atoms with Gasteiger partial charge in [-0.1, -0.05) is 19.3 Å². The Balaban J connectivity index is 1.09. The molecular weight excluding hydrogens is 534 g/mol. The molecule has 6 fully saturated rings. The Morgan fingerprint density at radius 1 is 0.952 bits per heavy atom. The second-order valence-electron chi connectivity index (χ2n) is 14.8. The van der Waals surface area contributed by atoms with Gasteiger partial charge in [-0.3, -0.25) is 9.59 Å². The smallest absolute Gasteiger partial charge is 0.408 e. The maximum Gasteiger partial charge on any atom is 0.408 e. The van der Waals surface area contributed by atoms with Crippen LogP contribution in [0, 0.1) is 11.8 Å². The summed E-state index contributed by atoms with van der Waals surface area (Å²) in [6.45, 7) is 12.5. The molecule has 10 nitrogen and oxygen atoms in total. The molecule has 3 amide bonds. The third-order valence-corrected chi connectivity index (χ3v) is 10.4. The Hall–Kier alpha value is -1.91. The number of rotatable bonds is 8. The van der Waals surface area contributed by atoms with Crippen molar-refractivity contribution in [2.75, 3.05) is 52.4 Å². The SMILES string of the molecule is CC(C)(C)OC(=O)NC(C(=O)NC12CCC(CN3CCC(CC(=O)N4CCNCC4)CC3)(CC1)OC2)C1CCCCC1. The highest BCUT2D eigenvalue weighted by atomic mass is 16.6. The number of carbonyl (C=O) groups excluding carboxylic acids is 3. The molecule has 2 saturated carbocycles. The minimum absolute atomic E-state index is 0.0943. The standard InChI is InChI=1S/C32H55N5O5/c1-30(2,3)42-29(40)34-27(25-7-5-4-6-8-25)28(39)35-31-11-13-32(14-12-31,41-23-31)22-36-17-9-24(10-18-36)21-26(38)37-19-15-33-16-20-37/h24-25,27,33H,4-23H2,1-3H3,(H,34,40)(H,35,39). The van der Waals surface area contributed by atoms with Crippen molar-refractivity contribution in [3.05, 3.63) is 0 Å². The Kier molecular flexibility index (Phi) is 10.0. The summed E-state index contributed by atoms with van der Waals surface area (Å²) in [4.78, 5) is 43.7. The van der Waals surface area contributed by atoms with Crippen molar-refractivity contribution in [1.29, 1.82) is 0 Å². The van der Waals surface area contributed by atoms with Gasteiger partial charge in [0, 0.05) is 39.1 Å². The van der Waals surface area contributed by atoms with Crippen LogP contribution in [-0.2, 0) is 19.1 Å². The lowest BCUT2D eigenvalue weighted by Crippen LogP contribution is -2.67. The number of carbonyl (C=O) groups is 3. The summed E-state index contributed by atoms with van der Waals surface area (Å²) in [7, 11) is 0. The van der Waals surface area contributed by atoms with E-state index in [9.17, 15) is 14.4 Å². The molecule has 3 N–H and O–H groups in total. The van der Waals surface area contributed by atoms with Crippen molar-refractivity contribution in [2.45, 2.75) is 121 Å². The summed E-state index contributed by atoms with van der Waals surface area (Å²) in [6, 6.07) is -0.581. The average molecular weight is 590 g/mol. The van der Waals surface area contributed by atoms with Gasteiger partial charge in [-0.2, -0.15) is 0 Å². The van der Waals surface area contributed by atoms with E-state index in [0.29, 0.717) is 24.9 Å². The van der Waals surface area contributed by atoms with E-state index in [-0.39, 0.29) is 23.0 Å². The zero-order valence-electron chi connectivity index (χ0n) is 26.3. The molecule has 1 unspecified atom stereocenters. The van der Waals surface area contributed by atoms with Gasteiger partial charge in [-0.05, 0) is 97.1 Å². The maximum absolute atomic E-state index is 13.7. The minimum Gasteiger partial charge on any atom is -0.444 e. The van der Waals surface area contributed by atoms with Gasteiger partial charge in [0.1, 0.15) is 11.6 Å². The number of piperidine rings is 1. The van der Waals surface area contributed by atoms with Crippen molar-refractivity contribution >= 4 is 17.9 Å². The van der Waals surface area contributed by atoms with E-state index < -0.39 is 17.7 Å². The molecule has 0 aromatic heterocycles. The van der Waals surface area contributed by atoms with Crippen molar-refractivity contribution < 1.29 is 23.9 Å². The van der Waals surface area contributed by atoms with E-state index in [2.05, 4.69) is 20.9 Å². The van der Waals surface area contributed by atoms with Gasteiger partial charge >= 0.3 is 6.09 Å². The fraction of sp³-hybridized carbons (Fsp3) is 0.906. The first kappa shape index (κ1) is 31.5. The molecule has 6 aliphatic rings. The molecule has 0 radical (unpaired) electrons. The van der Waals surface area contributed by atoms with Gasteiger partial charge in [-0.15, -0.1) is 0 Å². The van der Waals surface area contributed by atoms with Gasteiger partial charge in [0.15, 0.2) is 0 Å². The van der Waals surface area contributed by atoms with E-state index in [0.717, 1.165) is 110 Å². The molecule has 238 valence electrons. The predicted molar refractivity (Wildman–Crippen MR) is 161 cm³/mol. The summed E-state index contributed by atoms with van der Waals surface area (Å²) in [5, 5.41) is 9.63. The Labute approximate surface area is 252 Å². The lowest BCUT2D eigenvalue weighted by atomic mass is 9.70. The predicted octanol–water partition coefficient (Wildman–Crippen LogP) is 3.19. The van der Waals surface area contributed by atoms with Crippen LogP contribution in [0.3, 0.4) is 0 Å². The molecule has 0 aromatic carbocycles. The van der Waals surface area contributed by atoms with Crippen LogP contribution in [0.15, 0.2) is 0 Å². The van der Waals surface area contributed by atoms with Crippen molar-refractivity contribution in [2.24, 2.45) is 11.8 Å². The number of nitrogens with zero attached hydrogens (tertiary/aromatic N) is 2. The van der Waals surface area contributed by atoms with Crippen LogP contribution < -0.4 is 16.0 Å². The highest BCUT2D eigenvalue weighted by Gasteiger charge is 2.52. The van der Waals surface area contributed by atoms with Crippen LogP contribution in [-0.4, -0.2) is 103 Å². The van der Waals surface area contributed by atoms with E-state index in [4.69, 9.17) is 9.47 Å². The second-order valence-corrected chi connectivity index (χ2v) is 14.8. The van der Waals surface area contributed by atoms with E-state index in [1.54, 1.807) is 0 Å². The molecule has 2 aliphatic carbocycles. The quantitative estimate of drug-likeness (QED) is 0.399. The summed E-state index contributed by atoms with van der Waals surface area (Å²) >= 11 is 0. The number of alkyl carbamates (subject to hydrolysis) is 1. The first-order chi connectivity index (χ1) is 20.0. The second kappa shape index (κ2) is 13.4. The van der Waals surface area contributed by atoms with Gasteiger partial charge < -0.3 is 35.2 Å². The molecule has 2 bridgehead atoms. The van der Waals surface area contributed by atoms with Crippen LogP contribution in [0.5, 0.6) is 0 Å². The summed E-state index contributed by atoms with van der Waals surface area (Å²) in [5.74, 6) is 0.837. The van der Waals surface area contributed by atoms with Crippen LogP contribution in [0.2, 0.25) is 0 Å². The Morgan fingerprint density at radius 3 is 2.21 bits per heavy atom. The monoisotopic (exact) mass is 589 g/mol. The summed E-state index contributed by atoms with van der Waals surface area (Å²) in [6.07, 6.45) is 11.2. The molecule has 10 heteroatoms. The number of likely N-dealkylation sites (tertiary alicyclic amines) is 1. The number of ether oxygens (including phenoxy) is 2. The van der Waals surface area contributed by atoms with Gasteiger partial charge in [-0.25, -0.2) is 4.79 Å². The highest BCUT2D eigenvalue weighted by Crippen LogP contribution is 2.44. The van der Waals surface area contributed by atoms with Crippen molar-refractivity contribution in [1.82, 2.24) is 25.8 Å². The third kappa shape index (κ3) is 8.17. The van der Waals surface area contributed by atoms with Gasteiger partial charge in [0.05, 0.1) is 17.7 Å². The summed E-state index contributed by atoms with van der Waals surface area (Å²) in [5.41, 5.74) is -1.12. The number of hydrogen-bond donors (Lipinski definition) is 3.